The summed E-state index contributed by atoms with van der Waals surface area (Å²) >= 11 is 1.30. The third-order valence-corrected chi connectivity index (χ3v) is 6.87. The van der Waals surface area contributed by atoms with Crippen molar-refractivity contribution in [3.63, 3.8) is 0 Å². The van der Waals surface area contributed by atoms with Crippen LogP contribution >= 0.6 is 11.8 Å². The van der Waals surface area contributed by atoms with E-state index >= 15 is 0 Å². The van der Waals surface area contributed by atoms with E-state index in [2.05, 4.69) is 52.0 Å². The lowest BCUT2D eigenvalue weighted by molar-refractivity contribution is -0.113. The Bertz CT molecular complexity index is 1250. The number of amides is 2. The Labute approximate surface area is 209 Å². The molecule has 7 nitrogen and oxygen atoms in total. The molecule has 4 rings (SSSR count). The minimum atomic E-state index is -0.402. The van der Waals surface area contributed by atoms with Crippen molar-refractivity contribution in [2.45, 2.75) is 17.5 Å². The lowest BCUT2D eigenvalue weighted by Crippen LogP contribution is -2.39. The van der Waals surface area contributed by atoms with Gasteiger partial charge < -0.3 is 15.2 Å². The number of aryl methyl sites for hydroxylation is 1. The third kappa shape index (κ3) is 5.96. The largest absolute Gasteiger partial charge is 0.351 e. The van der Waals surface area contributed by atoms with Crippen molar-refractivity contribution in [2.75, 3.05) is 17.6 Å². The zero-order valence-electron chi connectivity index (χ0n) is 19.6. The molecule has 0 aliphatic carbocycles. The summed E-state index contributed by atoms with van der Waals surface area (Å²) in [4.78, 5) is 25.4. The standard InChI is InChI=1S/C27H27N5O2S/c1-27(21-11-5-3-6-12-21,22-13-7-4-8-14-22)18-28-25(34)20-10-9-15-23(16-20)30-24(33)17-35-26-31-29-19-32(26)2/h3-16,19H,17-18H2,1-2H3,(H,28,34)(H,30,33). The maximum atomic E-state index is 13.1. The molecule has 2 N–H and O–H groups in total. The summed E-state index contributed by atoms with van der Waals surface area (Å²) in [6.07, 6.45) is 1.59. The number of benzene rings is 3. The number of anilines is 1. The molecule has 0 bridgehead atoms. The molecular weight excluding hydrogens is 458 g/mol. The summed E-state index contributed by atoms with van der Waals surface area (Å²) in [5.74, 6) is -0.195. The van der Waals surface area contributed by atoms with Gasteiger partial charge >= 0.3 is 0 Å². The van der Waals surface area contributed by atoms with E-state index < -0.39 is 5.41 Å². The molecule has 35 heavy (non-hydrogen) atoms. The number of thioether (sulfide) groups is 1. The van der Waals surface area contributed by atoms with Gasteiger partial charge in [0.25, 0.3) is 5.91 Å². The second kappa shape index (κ2) is 11.0. The maximum Gasteiger partial charge on any atom is 0.251 e. The van der Waals surface area contributed by atoms with E-state index in [0.717, 1.165) is 11.1 Å². The summed E-state index contributed by atoms with van der Waals surface area (Å²) in [5, 5.41) is 14.4. The van der Waals surface area contributed by atoms with Crippen LogP contribution in [0.2, 0.25) is 0 Å². The highest BCUT2D eigenvalue weighted by molar-refractivity contribution is 7.99. The van der Waals surface area contributed by atoms with Crippen molar-refractivity contribution in [1.82, 2.24) is 20.1 Å². The van der Waals surface area contributed by atoms with Gasteiger partial charge in [-0.25, -0.2) is 0 Å². The van der Waals surface area contributed by atoms with Gasteiger partial charge in [-0.3, -0.25) is 9.59 Å². The molecule has 1 heterocycles. The quantitative estimate of drug-likeness (QED) is 0.346. The molecule has 0 spiro atoms. The minimum absolute atomic E-state index is 0.184. The van der Waals surface area contributed by atoms with Crippen LogP contribution in [0, 0.1) is 0 Å². The number of nitrogens with zero attached hydrogens (tertiary/aromatic N) is 3. The SMILES string of the molecule is Cn1cnnc1SCC(=O)Nc1cccc(C(=O)NCC(C)(c2ccccc2)c2ccccc2)c1. The lowest BCUT2D eigenvalue weighted by Gasteiger charge is -2.31. The fraction of sp³-hybridized carbons (Fsp3) is 0.185. The zero-order valence-corrected chi connectivity index (χ0v) is 20.5. The van der Waals surface area contributed by atoms with Gasteiger partial charge in [-0.2, -0.15) is 0 Å². The van der Waals surface area contributed by atoms with Crippen LogP contribution < -0.4 is 10.6 Å². The molecule has 0 saturated carbocycles. The Morgan fingerprint density at radius 3 is 2.20 bits per heavy atom. The van der Waals surface area contributed by atoms with E-state index in [1.54, 1.807) is 35.2 Å². The predicted octanol–water partition coefficient (Wildman–Crippen LogP) is 4.28. The van der Waals surface area contributed by atoms with E-state index in [4.69, 9.17) is 0 Å². The topological polar surface area (TPSA) is 88.9 Å². The number of hydrogen-bond donors (Lipinski definition) is 2. The fourth-order valence-corrected chi connectivity index (χ4v) is 4.50. The minimum Gasteiger partial charge on any atom is -0.351 e. The van der Waals surface area contributed by atoms with E-state index in [1.807, 2.05) is 43.4 Å². The van der Waals surface area contributed by atoms with E-state index in [0.29, 0.717) is 23.0 Å². The molecule has 0 aliphatic rings. The van der Waals surface area contributed by atoms with Crippen LogP contribution in [0.1, 0.15) is 28.4 Å². The van der Waals surface area contributed by atoms with Crippen LogP contribution in [-0.2, 0) is 17.3 Å². The van der Waals surface area contributed by atoms with E-state index in [9.17, 15) is 9.59 Å². The highest BCUT2D eigenvalue weighted by Gasteiger charge is 2.29. The normalized spacial score (nSPS) is 11.1. The van der Waals surface area contributed by atoms with Crippen molar-refractivity contribution in [1.29, 1.82) is 0 Å². The van der Waals surface area contributed by atoms with Gasteiger partial charge in [0.05, 0.1) is 5.75 Å². The summed E-state index contributed by atoms with van der Waals surface area (Å²) in [5.41, 5.74) is 2.88. The second-order valence-electron chi connectivity index (χ2n) is 8.39. The number of nitrogens with one attached hydrogen (secondary N) is 2. The Morgan fingerprint density at radius 1 is 0.943 bits per heavy atom. The highest BCUT2D eigenvalue weighted by atomic mass is 32.2. The first kappa shape index (κ1) is 24.2. The molecule has 1 aromatic heterocycles. The van der Waals surface area contributed by atoms with Crippen LogP contribution in [0.15, 0.2) is 96.4 Å². The molecule has 0 radical (unpaired) electrons. The van der Waals surface area contributed by atoms with E-state index in [-0.39, 0.29) is 17.6 Å². The highest BCUT2D eigenvalue weighted by Crippen LogP contribution is 2.31. The Morgan fingerprint density at radius 2 is 1.60 bits per heavy atom. The van der Waals surface area contributed by atoms with Gasteiger partial charge in [0.2, 0.25) is 5.91 Å². The van der Waals surface area contributed by atoms with Crippen LogP contribution in [0.25, 0.3) is 0 Å². The maximum absolute atomic E-state index is 13.1. The number of aromatic nitrogens is 3. The number of carbonyl (C=O) groups excluding carboxylic acids is 2. The van der Waals surface area contributed by atoms with Crippen molar-refractivity contribution >= 4 is 29.3 Å². The second-order valence-corrected chi connectivity index (χ2v) is 9.33. The van der Waals surface area contributed by atoms with Crippen LogP contribution in [0.5, 0.6) is 0 Å². The molecule has 2 amide bonds. The average molecular weight is 486 g/mol. The third-order valence-electron chi connectivity index (χ3n) is 5.84. The van der Waals surface area contributed by atoms with Crippen molar-refractivity contribution in [3.05, 3.63) is 108 Å². The molecule has 0 aliphatic heterocycles. The van der Waals surface area contributed by atoms with Crippen molar-refractivity contribution in [2.24, 2.45) is 7.05 Å². The van der Waals surface area contributed by atoms with Crippen LogP contribution in [0.4, 0.5) is 5.69 Å². The predicted molar refractivity (Wildman–Crippen MR) is 138 cm³/mol. The van der Waals surface area contributed by atoms with E-state index in [1.165, 1.54) is 11.8 Å². The van der Waals surface area contributed by atoms with Gasteiger partial charge in [0, 0.05) is 30.3 Å². The number of rotatable bonds is 9. The van der Waals surface area contributed by atoms with Crippen LogP contribution in [-0.4, -0.2) is 38.9 Å². The Kier molecular flexibility index (Phi) is 7.62. The Balaban J connectivity index is 1.42. The molecule has 3 aromatic carbocycles. The van der Waals surface area contributed by atoms with Crippen molar-refractivity contribution < 1.29 is 9.59 Å². The molecule has 0 atom stereocenters. The summed E-state index contributed by atoms with van der Waals surface area (Å²) in [6, 6.07) is 27.3. The first-order chi connectivity index (χ1) is 17.0. The smallest absolute Gasteiger partial charge is 0.251 e. The monoisotopic (exact) mass is 485 g/mol. The molecule has 0 fully saturated rings. The molecule has 0 unspecified atom stereocenters. The van der Waals surface area contributed by atoms with Gasteiger partial charge in [-0.15, -0.1) is 10.2 Å². The van der Waals surface area contributed by atoms with Crippen LogP contribution in [0.3, 0.4) is 0 Å². The first-order valence-corrected chi connectivity index (χ1v) is 12.2. The lowest BCUT2D eigenvalue weighted by atomic mass is 9.76. The fourth-order valence-electron chi connectivity index (χ4n) is 3.81. The van der Waals surface area contributed by atoms with Gasteiger partial charge in [0.1, 0.15) is 6.33 Å². The molecule has 8 heteroatoms. The molecule has 4 aromatic rings. The van der Waals surface area contributed by atoms with Crippen molar-refractivity contribution in [3.8, 4) is 0 Å². The zero-order chi connectivity index (χ0) is 24.7. The number of carbonyl (C=O) groups is 2. The van der Waals surface area contributed by atoms with Gasteiger partial charge in [-0.05, 0) is 36.2 Å². The van der Waals surface area contributed by atoms with Gasteiger partial charge in [-0.1, -0.05) is 78.5 Å². The average Bonchev–Trinajstić information content (AvgIpc) is 3.31. The Hall–Kier alpha value is -3.91. The number of hydrogen-bond acceptors (Lipinski definition) is 5. The summed E-state index contributed by atoms with van der Waals surface area (Å²) in [7, 11) is 1.82. The first-order valence-electron chi connectivity index (χ1n) is 11.2. The molecule has 178 valence electrons. The molecular formula is C27H27N5O2S. The molecule has 0 saturated heterocycles. The summed E-state index contributed by atoms with van der Waals surface area (Å²) < 4.78 is 1.75. The summed E-state index contributed by atoms with van der Waals surface area (Å²) in [6.45, 7) is 2.55. The van der Waals surface area contributed by atoms with Gasteiger partial charge in [0.15, 0.2) is 5.16 Å².